The topological polar surface area (TPSA) is 162 Å². The second-order valence-corrected chi connectivity index (χ2v) is 20.6. The fourth-order valence-corrected chi connectivity index (χ4v) is 10.4. The van der Waals surface area contributed by atoms with Crippen molar-refractivity contribution in [3.05, 3.63) is 82.5 Å². The van der Waals surface area contributed by atoms with Crippen molar-refractivity contribution in [2.75, 3.05) is 81.3 Å². The molecule has 0 spiro atoms. The second-order valence-electron chi connectivity index (χ2n) is 17.0. The average Bonchev–Trinajstić information content (AvgIpc) is 3.61. The lowest BCUT2D eigenvalue weighted by molar-refractivity contribution is -0.274. The van der Waals surface area contributed by atoms with Crippen LogP contribution in [0.4, 0.5) is 42.0 Å². The fourth-order valence-electron chi connectivity index (χ4n) is 9.11. The number of carbonyl (C=O) groups is 3. The molecule has 15 nitrogen and oxygen atoms in total. The third kappa shape index (κ3) is 10.7. The minimum atomic E-state index is -4.96. The number of nitrogens with one attached hydrogen (secondary N) is 3. The Morgan fingerprint density at radius 2 is 1.68 bits per heavy atom. The Balaban J connectivity index is 0.860. The number of imide groups is 1. The van der Waals surface area contributed by atoms with Crippen molar-refractivity contribution in [2.24, 2.45) is 0 Å². The minimum absolute atomic E-state index is 0.0158. The van der Waals surface area contributed by atoms with Crippen molar-refractivity contribution in [3.8, 4) is 11.5 Å². The summed E-state index contributed by atoms with van der Waals surface area (Å²) >= 11 is 6.44. The van der Waals surface area contributed by atoms with Gasteiger partial charge < -0.3 is 34.5 Å². The number of hydrogen-bond donors (Lipinski definition) is 3. The van der Waals surface area contributed by atoms with Gasteiger partial charge in [0.1, 0.15) is 30.6 Å². The molecule has 8 rings (SSSR count). The SMILES string of the molecule is CCc1cc(Nc2ncc(Cl)c(Nc3ccccc3P(C)(C)=O)n2)c(OC(F)(F)F)cc1N1CCC(N2CCN(CCOc3cccc4c3CN(C3CCC(=O)NC3=O)C4=O)CC2)CC1. The summed E-state index contributed by atoms with van der Waals surface area (Å²) in [6, 6.07) is 15.2. The number of carbonyl (C=O) groups excluding carboxylic acids is 3. The van der Waals surface area contributed by atoms with Crippen molar-refractivity contribution in [3.63, 3.8) is 0 Å². The summed E-state index contributed by atoms with van der Waals surface area (Å²) in [5.74, 6) is -0.641. The Labute approximate surface area is 380 Å². The number of piperidine rings is 2. The molecule has 3 saturated heterocycles. The van der Waals surface area contributed by atoms with E-state index in [4.69, 9.17) is 16.3 Å². The number of ether oxygens (including phenoxy) is 2. The Morgan fingerprint density at radius 3 is 2.38 bits per heavy atom. The van der Waals surface area contributed by atoms with Crippen LogP contribution in [0.1, 0.15) is 54.1 Å². The van der Waals surface area contributed by atoms with Crippen LogP contribution in [-0.2, 0) is 27.1 Å². The maximum absolute atomic E-state index is 13.9. The number of fused-ring (bicyclic) bond motifs is 1. The molecular weight excluding hydrogens is 886 g/mol. The summed E-state index contributed by atoms with van der Waals surface area (Å²) in [5, 5.41) is 9.13. The standard InChI is InChI=1S/C45H52ClF3N9O6P/c1-4-28-24-34(52-44-50-26-32(46)41(54-44)51-33-9-5-6-11-39(33)65(2,3)62)38(64-45(47,48)49)25-36(28)57-16-14-29(15-17-57)56-20-18-55(19-21-56)22-23-63-37-10-7-8-30-31(37)27-58(43(30)61)35-12-13-40(59)53-42(35)60/h5-11,24-26,29,35H,4,12-23,27H2,1-3H3,(H,53,59,60)(H2,50,51,52,54). The van der Waals surface area contributed by atoms with Gasteiger partial charge >= 0.3 is 6.36 Å². The monoisotopic (exact) mass is 937 g/mol. The molecule has 0 aliphatic carbocycles. The van der Waals surface area contributed by atoms with Gasteiger partial charge in [-0.1, -0.05) is 36.7 Å². The zero-order chi connectivity index (χ0) is 46.0. The molecule has 4 aliphatic rings. The van der Waals surface area contributed by atoms with Crippen LogP contribution in [0.3, 0.4) is 0 Å². The normalized spacial score (nSPS) is 19.0. The van der Waals surface area contributed by atoms with E-state index in [-0.39, 0.29) is 47.3 Å². The zero-order valence-electron chi connectivity index (χ0n) is 36.4. The van der Waals surface area contributed by atoms with Crippen LogP contribution in [-0.4, -0.2) is 127 Å². The van der Waals surface area contributed by atoms with Gasteiger partial charge in [-0.2, -0.15) is 4.98 Å². The number of aryl methyl sites for hydroxylation is 1. The molecule has 65 heavy (non-hydrogen) atoms. The third-order valence-electron chi connectivity index (χ3n) is 12.4. The van der Waals surface area contributed by atoms with E-state index in [0.717, 1.165) is 50.1 Å². The Bertz CT molecular complexity index is 2490. The van der Waals surface area contributed by atoms with Gasteiger partial charge in [-0.3, -0.25) is 29.5 Å². The molecule has 1 unspecified atom stereocenters. The van der Waals surface area contributed by atoms with E-state index in [0.29, 0.717) is 73.1 Å². The van der Waals surface area contributed by atoms with E-state index in [1.54, 1.807) is 55.8 Å². The first-order valence-electron chi connectivity index (χ1n) is 21.8. The Hall–Kier alpha value is -5.42. The number of piperazine rings is 1. The van der Waals surface area contributed by atoms with Crippen LogP contribution >= 0.6 is 18.7 Å². The molecular formula is C45H52ClF3N9O6P. The highest BCUT2D eigenvalue weighted by atomic mass is 35.5. The molecule has 20 heteroatoms. The molecule has 5 heterocycles. The smallest absolute Gasteiger partial charge is 0.492 e. The molecule has 0 bridgehead atoms. The molecule has 4 aliphatic heterocycles. The molecule has 0 radical (unpaired) electrons. The van der Waals surface area contributed by atoms with Gasteiger partial charge in [0.2, 0.25) is 17.8 Å². The van der Waals surface area contributed by atoms with Crippen molar-refractivity contribution >= 4 is 70.6 Å². The van der Waals surface area contributed by atoms with Gasteiger partial charge in [-0.05, 0) is 74.9 Å². The van der Waals surface area contributed by atoms with Crippen LogP contribution in [0.2, 0.25) is 5.02 Å². The number of anilines is 5. The van der Waals surface area contributed by atoms with Crippen molar-refractivity contribution in [1.29, 1.82) is 0 Å². The molecule has 4 aromatic rings. The van der Waals surface area contributed by atoms with Crippen LogP contribution in [0, 0.1) is 0 Å². The number of amides is 3. The summed E-state index contributed by atoms with van der Waals surface area (Å²) in [5.41, 5.74) is 3.36. The average molecular weight is 938 g/mol. The van der Waals surface area contributed by atoms with Crippen LogP contribution in [0.5, 0.6) is 11.5 Å². The molecule has 3 fully saturated rings. The van der Waals surface area contributed by atoms with E-state index >= 15 is 0 Å². The lowest BCUT2D eigenvalue weighted by atomic mass is 9.99. The first-order chi connectivity index (χ1) is 31.0. The highest BCUT2D eigenvalue weighted by molar-refractivity contribution is 7.70. The lowest BCUT2D eigenvalue weighted by Gasteiger charge is -2.43. The second kappa shape index (κ2) is 19.2. The number of alkyl halides is 3. The number of halogens is 4. The van der Waals surface area contributed by atoms with E-state index in [1.165, 1.54) is 17.2 Å². The number of rotatable bonds is 14. The van der Waals surface area contributed by atoms with Crippen molar-refractivity contribution in [2.45, 2.75) is 64.0 Å². The van der Waals surface area contributed by atoms with Crippen molar-refractivity contribution in [1.82, 2.24) is 30.0 Å². The largest absolute Gasteiger partial charge is 0.573 e. The molecule has 1 atom stereocenters. The lowest BCUT2D eigenvalue weighted by Crippen LogP contribution is -2.53. The minimum Gasteiger partial charge on any atom is -0.492 e. The van der Waals surface area contributed by atoms with Gasteiger partial charge in [0, 0.05) is 86.5 Å². The Morgan fingerprint density at radius 1 is 0.923 bits per heavy atom. The number of para-hydroxylation sites is 1. The number of hydrogen-bond acceptors (Lipinski definition) is 13. The van der Waals surface area contributed by atoms with Crippen LogP contribution in [0.15, 0.2) is 60.8 Å². The molecule has 346 valence electrons. The molecule has 3 amide bonds. The summed E-state index contributed by atoms with van der Waals surface area (Å²) in [6.45, 7) is 11.4. The number of aromatic nitrogens is 2. The van der Waals surface area contributed by atoms with Gasteiger partial charge in [-0.15, -0.1) is 13.2 Å². The summed E-state index contributed by atoms with van der Waals surface area (Å²) in [6.07, 6.45) is -0.898. The number of nitrogens with zero attached hydrogens (tertiary/aromatic N) is 6. The maximum atomic E-state index is 13.9. The number of benzene rings is 3. The quantitative estimate of drug-likeness (QED) is 0.0901. The van der Waals surface area contributed by atoms with Crippen LogP contribution in [0.25, 0.3) is 0 Å². The zero-order valence-corrected chi connectivity index (χ0v) is 38.1. The summed E-state index contributed by atoms with van der Waals surface area (Å²) in [7, 11) is -2.68. The summed E-state index contributed by atoms with van der Waals surface area (Å²) < 4.78 is 65.5. The van der Waals surface area contributed by atoms with Crippen LogP contribution < -0.4 is 35.6 Å². The third-order valence-corrected chi connectivity index (χ3v) is 14.3. The maximum Gasteiger partial charge on any atom is 0.573 e. The van der Waals surface area contributed by atoms with Gasteiger partial charge in [0.15, 0.2) is 11.6 Å². The molecule has 1 aromatic heterocycles. The highest BCUT2D eigenvalue weighted by Crippen LogP contribution is 2.41. The van der Waals surface area contributed by atoms with E-state index in [2.05, 4.69) is 45.4 Å². The van der Waals surface area contributed by atoms with E-state index in [9.17, 15) is 32.1 Å². The first kappa shape index (κ1) is 46.1. The highest BCUT2D eigenvalue weighted by Gasteiger charge is 2.40. The molecule has 3 aromatic carbocycles. The van der Waals surface area contributed by atoms with Gasteiger partial charge in [0.25, 0.3) is 5.91 Å². The molecule has 0 saturated carbocycles. The predicted octanol–water partition coefficient (Wildman–Crippen LogP) is 6.75. The summed E-state index contributed by atoms with van der Waals surface area (Å²) in [4.78, 5) is 54.6. The fraction of sp³-hybridized carbons (Fsp3) is 0.444. The Kier molecular flexibility index (Phi) is 13.6. The van der Waals surface area contributed by atoms with Gasteiger partial charge in [-0.25, -0.2) is 4.98 Å². The van der Waals surface area contributed by atoms with Crippen molar-refractivity contribution < 1.29 is 41.6 Å². The van der Waals surface area contributed by atoms with E-state index < -0.39 is 31.2 Å². The van der Waals surface area contributed by atoms with Gasteiger partial charge in [0.05, 0.1) is 24.1 Å². The molecule has 3 N–H and O–H groups in total. The first-order valence-corrected chi connectivity index (χ1v) is 24.8. The van der Waals surface area contributed by atoms with E-state index in [1.807, 2.05) is 13.0 Å². The predicted molar refractivity (Wildman–Crippen MR) is 243 cm³/mol.